The number of nitrogens with zero attached hydrogens (tertiary/aromatic N) is 2. The zero-order valence-corrected chi connectivity index (χ0v) is 12.2. The third-order valence-corrected chi connectivity index (χ3v) is 3.70. The molecule has 6 heteroatoms. The molecule has 0 spiro atoms. The summed E-state index contributed by atoms with van der Waals surface area (Å²) < 4.78 is 2.91. The van der Waals surface area contributed by atoms with Crippen LogP contribution in [-0.2, 0) is 13.5 Å². The molecule has 18 heavy (non-hydrogen) atoms. The highest BCUT2D eigenvalue weighted by molar-refractivity contribution is 9.10. The minimum Gasteiger partial charge on any atom is -0.336 e. The summed E-state index contributed by atoms with van der Waals surface area (Å²) in [6.07, 6.45) is 4.27. The summed E-state index contributed by atoms with van der Waals surface area (Å²) >= 11 is 9.60. The number of benzene rings is 1. The minimum atomic E-state index is -0.0174. The summed E-state index contributed by atoms with van der Waals surface area (Å²) in [5, 5.41) is 0.729. The number of rotatable bonds is 4. The maximum absolute atomic E-state index is 6.21. The van der Waals surface area contributed by atoms with Crippen LogP contribution in [0.3, 0.4) is 0 Å². The van der Waals surface area contributed by atoms with Crippen LogP contribution in [0.2, 0.25) is 5.02 Å². The van der Waals surface area contributed by atoms with E-state index < -0.39 is 0 Å². The first kappa shape index (κ1) is 13.5. The predicted molar refractivity (Wildman–Crippen MR) is 76.1 cm³/mol. The zero-order chi connectivity index (χ0) is 13.1. The summed E-state index contributed by atoms with van der Waals surface area (Å²) in [4.78, 5) is 4.10. The Morgan fingerprint density at radius 3 is 2.89 bits per heavy atom. The van der Waals surface area contributed by atoms with Crippen LogP contribution in [0, 0.1) is 0 Å². The molecule has 0 aliphatic rings. The van der Waals surface area contributed by atoms with E-state index in [0.717, 1.165) is 20.8 Å². The lowest BCUT2D eigenvalue weighted by atomic mass is 10.0. The quantitative estimate of drug-likeness (QED) is 0.669. The van der Waals surface area contributed by atoms with Crippen LogP contribution in [0.15, 0.2) is 35.2 Å². The van der Waals surface area contributed by atoms with E-state index in [2.05, 4.69) is 26.3 Å². The van der Waals surface area contributed by atoms with E-state index in [9.17, 15) is 0 Å². The third kappa shape index (κ3) is 2.92. The van der Waals surface area contributed by atoms with Crippen molar-refractivity contribution in [3.05, 3.63) is 51.5 Å². The molecule has 2 rings (SSSR count). The molecule has 0 saturated heterocycles. The SMILES string of the molecule is Cn1cncc1C(Cc1ccc(Br)cc1Cl)NN. The smallest absolute Gasteiger partial charge is 0.0946 e. The number of hydrazine groups is 1. The number of nitrogens with two attached hydrogens (primary N) is 1. The van der Waals surface area contributed by atoms with Gasteiger partial charge in [0.1, 0.15) is 0 Å². The van der Waals surface area contributed by atoms with Crippen LogP contribution in [0.1, 0.15) is 17.3 Å². The number of imidazole rings is 1. The van der Waals surface area contributed by atoms with Crippen molar-refractivity contribution < 1.29 is 0 Å². The van der Waals surface area contributed by atoms with Crippen LogP contribution in [-0.4, -0.2) is 9.55 Å². The molecule has 0 bridgehead atoms. The maximum Gasteiger partial charge on any atom is 0.0946 e. The molecule has 3 N–H and O–H groups in total. The molecule has 2 aromatic rings. The van der Waals surface area contributed by atoms with Gasteiger partial charge >= 0.3 is 0 Å². The van der Waals surface area contributed by atoms with Gasteiger partial charge in [-0.05, 0) is 24.1 Å². The fourth-order valence-electron chi connectivity index (χ4n) is 1.86. The van der Waals surface area contributed by atoms with E-state index in [1.807, 2.05) is 29.8 Å². The summed E-state index contributed by atoms with van der Waals surface area (Å²) in [7, 11) is 1.94. The molecule has 4 nitrogen and oxygen atoms in total. The third-order valence-electron chi connectivity index (χ3n) is 2.85. The Balaban J connectivity index is 2.23. The fourth-order valence-corrected chi connectivity index (χ4v) is 2.61. The highest BCUT2D eigenvalue weighted by Gasteiger charge is 2.15. The van der Waals surface area contributed by atoms with Crippen molar-refractivity contribution in [1.29, 1.82) is 0 Å². The molecule has 1 atom stereocenters. The Morgan fingerprint density at radius 2 is 2.33 bits per heavy atom. The first-order valence-corrected chi connectivity index (χ1v) is 6.65. The van der Waals surface area contributed by atoms with Gasteiger partial charge in [0.2, 0.25) is 0 Å². The first-order chi connectivity index (χ1) is 8.61. The normalized spacial score (nSPS) is 12.7. The lowest BCUT2D eigenvalue weighted by Gasteiger charge is -2.17. The molecule has 0 fully saturated rings. The van der Waals surface area contributed by atoms with Gasteiger partial charge in [-0.3, -0.25) is 11.3 Å². The van der Waals surface area contributed by atoms with Crippen molar-refractivity contribution in [3.63, 3.8) is 0 Å². The van der Waals surface area contributed by atoms with Gasteiger partial charge < -0.3 is 4.57 Å². The molecule has 1 heterocycles. The van der Waals surface area contributed by atoms with Crippen molar-refractivity contribution in [2.75, 3.05) is 0 Å². The Hall–Kier alpha value is -0.880. The Morgan fingerprint density at radius 1 is 1.56 bits per heavy atom. The van der Waals surface area contributed by atoms with Gasteiger partial charge in [0, 0.05) is 22.7 Å². The second-order valence-corrected chi connectivity index (χ2v) is 5.41. The number of aryl methyl sites for hydroxylation is 1. The Bertz CT molecular complexity index is 541. The number of aromatic nitrogens is 2. The largest absolute Gasteiger partial charge is 0.336 e. The average Bonchev–Trinajstić information content (AvgIpc) is 2.75. The highest BCUT2D eigenvalue weighted by atomic mass is 79.9. The number of hydrogen-bond acceptors (Lipinski definition) is 3. The lowest BCUT2D eigenvalue weighted by molar-refractivity contribution is 0.522. The molecule has 0 aliphatic carbocycles. The number of nitrogens with one attached hydrogen (secondary N) is 1. The zero-order valence-electron chi connectivity index (χ0n) is 9.90. The van der Waals surface area contributed by atoms with Crippen molar-refractivity contribution >= 4 is 27.5 Å². The van der Waals surface area contributed by atoms with Crippen LogP contribution in [0.25, 0.3) is 0 Å². The van der Waals surface area contributed by atoms with E-state index in [0.29, 0.717) is 6.42 Å². The van der Waals surface area contributed by atoms with Gasteiger partial charge in [-0.1, -0.05) is 33.6 Å². The molecule has 0 amide bonds. The van der Waals surface area contributed by atoms with Gasteiger partial charge in [-0.15, -0.1) is 0 Å². The Kier molecular flexibility index (Phi) is 4.40. The van der Waals surface area contributed by atoms with Gasteiger partial charge in [-0.25, -0.2) is 4.98 Å². The van der Waals surface area contributed by atoms with E-state index >= 15 is 0 Å². The molecule has 96 valence electrons. The molecule has 1 aromatic carbocycles. The van der Waals surface area contributed by atoms with Crippen molar-refractivity contribution in [2.45, 2.75) is 12.5 Å². The van der Waals surface area contributed by atoms with Crippen molar-refractivity contribution in [1.82, 2.24) is 15.0 Å². The van der Waals surface area contributed by atoms with Crippen LogP contribution < -0.4 is 11.3 Å². The summed E-state index contributed by atoms with van der Waals surface area (Å²) in [6, 6.07) is 5.83. The maximum atomic E-state index is 6.21. The second kappa shape index (κ2) is 5.84. The number of halogens is 2. The van der Waals surface area contributed by atoms with Crippen molar-refractivity contribution in [3.8, 4) is 0 Å². The standard InChI is InChI=1S/C12H14BrClN4/c1-18-7-16-6-12(18)11(17-15)4-8-2-3-9(13)5-10(8)14/h2-3,5-7,11,17H,4,15H2,1H3. The molecule has 1 aromatic heterocycles. The summed E-state index contributed by atoms with van der Waals surface area (Å²) in [5.41, 5.74) is 4.87. The second-order valence-electron chi connectivity index (χ2n) is 4.09. The van der Waals surface area contributed by atoms with E-state index in [1.54, 1.807) is 12.5 Å². The average molecular weight is 330 g/mol. The lowest BCUT2D eigenvalue weighted by Crippen LogP contribution is -2.31. The summed E-state index contributed by atoms with van der Waals surface area (Å²) in [6.45, 7) is 0. The van der Waals surface area contributed by atoms with E-state index in [4.69, 9.17) is 17.4 Å². The van der Waals surface area contributed by atoms with Crippen LogP contribution in [0.5, 0.6) is 0 Å². The molecule has 0 radical (unpaired) electrons. The predicted octanol–water partition coefficient (Wildman–Crippen LogP) is 2.58. The van der Waals surface area contributed by atoms with E-state index in [1.165, 1.54) is 0 Å². The molecule has 1 unspecified atom stereocenters. The van der Waals surface area contributed by atoms with Crippen molar-refractivity contribution in [2.24, 2.45) is 12.9 Å². The fraction of sp³-hybridized carbons (Fsp3) is 0.250. The minimum absolute atomic E-state index is 0.0174. The molecule has 0 saturated carbocycles. The van der Waals surface area contributed by atoms with Crippen LogP contribution in [0.4, 0.5) is 0 Å². The van der Waals surface area contributed by atoms with Crippen LogP contribution >= 0.6 is 27.5 Å². The monoisotopic (exact) mass is 328 g/mol. The van der Waals surface area contributed by atoms with Gasteiger partial charge in [0.05, 0.1) is 18.1 Å². The van der Waals surface area contributed by atoms with Gasteiger partial charge in [0.25, 0.3) is 0 Å². The first-order valence-electron chi connectivity index (χ1n) is 5.48. The van der Waals surface area contributed by atoms with Gasteiger partial charge in [-0.2, -0.15) is 0 Å². The molecular weight excluding hydrogens is 316 g/mol. The molecule has 0 aliphatic heterocycles. The topological polar surface area (TPSA) is 55.9 Å². The number of hydrogen-bond donors (Lipinski definition) is 2. The molecular formula is C12H14BrClN4. The Labute approximate surface area is 119 Å². The highest BCUT2D eigenvalue weighted by Crippen LogP contribution is 2.25. The van der Waals surface area contributed by atoms with Gasteiger partial charge in [0.15, 0.2) is 0 Å². The van der Waals surface area contributed by atoms with E-state index in [-0.39, 0.29) is 6.04 Å². The summed E-state index contributed by atoms with van der Waals surface area (Å²) in [5.74, 6) is 5.62.